The van der Waals surface area contributed by atoms with Crippen LogP contribution in [0.3, 0.4) is 0 Å². The predicted octanol–water partition coefficient (Wildman–Crippen LogP) is 4.32. The zero-order valence-electron chi connectivity index (χ0n) is 31.2. The van der Waals surface area contributed by atoms with E-state index < -0.39 is 0 Å². The van der Waals surface area contributed by atoms with Crippen LogP contribution in [0.5, 0.6) is 0 Å². The summed E-state index contributed by atoms with van der Waals surface area (Å²) >= 11 is 0. The molecule has 5 rings (SSSR count). The maximum absolute atomic E-state index is 13.5. The highest BCUT2D eigenvalue weighted by atomic mass is 16.3. The molecule has 5 heterocycles. The van der Waals surface area contributed by atoms with Gasteiger partial charge in [0.1, 0.15) is 0 Å². The zero-order chi connectivity index (χ0) is 37.7. The van der Waals surface area contributed by atoms with Gasteiger partial charge in [0, 0.05) is 48.2 Å². The Balaban J connectivity index is 1.80. The number of aromatic nitrogens is 4. The summed E-state index contributed by atoms with van der Waals surface area (Å²) in [6.45, 7) is 12.0. The Morgan fingerprint density at radius 2 is 0.885 bits per heavy atom. The first-order chi connectivity index (χ1) is 25.0. The van der Waals surface area contributed by atoms with Gasteiger partial charge >= 0.3 is 0 Å². The molecular formula is C40H52N6O6. The molecule has 0 aromatic carbocycles. The smallest absolute Gasteiger partial charge is 0.227 e. The Morgan fingerprint density at radius 1 is 0.558 bits per heavy atom. The van der Waals surface area contributed by atoms with E-state index in [1.54, 1.807) is 0 Å². The molecule has 0 unspecified atom stereocenters. The zero-order valence-corrected chi connectivity index (χ0v) is 31.2. The number of carbonyl (C=O) groups is 2. The summed E-state index contributed by atoms with van der Waals surface area (Å²) in [4.78, 5) is 47.4. The fourth-order valence-corrected chi connectivity index (χ4v) is 7.30. The van der Waals surface area contributed by atoms with Crippen LogP contribution in [0.1, 0.15) is 85.6 Å². The number of hydrogen-bond acceptors (Lipinski definition) is 8. The largest absolute Gasteiger partial charge is 0.395 e. The Hall–Kier alpha value is -4.62. The van der Waals surface area contributed by atoms with Crippen LogP contribution in [-0.2, 0) is 22.4 Å². The summed E-state index contributed by atoms with van der Waals surface area (Å²) < 4.78 is 0. The van der Waals surface area contributed by atoms with Crippen molar-refractivity contribution in [3.8, 4) is 0 Å². The number of amides is 2. The van der Waals surface area contributed by atoms with E-state index in [1.165, 1.54) is 9.80 Å². The fraction of sp³-hybridized carbons (Fsp3) is 0.450. The summed E-state index contributed by atoms with van der Waals surface area (Å²) in [5, 5.41) is 38.3. The molecule has 2 aliphatic heterocycles. The highest BCUT2D eigenvalue weighted by Crippen LogP contribution is 2.37. The number of carbonyl (C=O) groups excluding carboxylic acids is 2. The van der Waals surface area contributed by atoms with Gasteiger partial charge in [-0.2, -0.15) is 0 Å². The molecule has 0 spiro atoms. The van der Waals surface area contributed by atoms with Crippen molar-refractivity contribution >= 4 is 56.2 Å². The van der Waals surface area contributed by atoms with E-state index in [2.05, 4.69) is 37.7 Å². The fourth-order valence-electron chi connectivity index (χ4n) is 7.30. The molecule has 52 heavy (non-hydrogen) atoms. The van der Waals surface area contributed by atoms with Crippen LogP contribution >= 0.6 is 0 Å². The lowest BCUT2D eigenvalue weighted by molar-refractivity contribution is -0.131. The van der Waals surface area contributed by atoms with E-state index in [-0.39, 0.29) is 77.3 Å². The van der Waals surface area contributed by atoms with Crippen molar-refractivity contribution in [2.75, 3.05) is 52.6 Å². The number of nitrogens with zero attached hydrogens (tertiary/aromatic N) is 4. The summed E-state index contributed by atoms with van der Waals surface area (Å²) in [5.74, 6) is -0.394. The van der Waals surface area contributed by atoms with E-state index in [1.807, 2.05) is 38.1 Å². The molecule has 8 bridgehead atoms. The van der Waals surface area contributed by atoms with Gasteiger partial charge in [-0.15, -0.1) is 0 Å². The minimum Gasteiger partial charge on any atom is -0.395 e. The van der Waals surface area contributed by atoms with E-state index in [9.17, 15) is 30.0 Å². The summed E-state index contributed by atoms with van der Waals surface area (Å²) in [6, 6.07) is 8.03. The Bertz CT molecular complexity index is 1910. The second kappa shape index (κ2) is 16.8. The standard InChI is InChI=1S/C40H52N6O6/c1-7-27-23(3)31-21-37-30(18-40(52)46(11-15-49)12-16-50)26(6)34(44-37)20-36-28(8-2)24(4)32(42-36)22-38-29(17-39(51)45(9-13-47)10-14-48)25(5)33(43-38)19-35(27)41-31/h19-22,41-42,47-50H,7-18H2,1-6H3. The van der Waals surface area contributed by atoms with Gasteiger partial charge in [-0.3, -0.25) is 9.59 Å². The maximum Gasteiger partial charge on any atom is 0.227 e. The molecule has 0 atom stereocenters. The maximum atomic E-state index is 13.5. The molecule has 278 valence electrons. The number of aromatic amines is 2. The van der Waals surface area contributed by atoms with Crippen LogP contribution in [0, 0.1) is 13.8 Å². The van der Waals surface area contributed by atoms with E-state index in [0.29, 0.717) is 11.4 Å². The van der Waals surface area contributed by atoms with Crippen molar-refractivity contribution in [1.82, 2.24) is 29.7 Å². The molecule has 2 amide bonds. The summed E-state index contributed by atoms with van der Waals surface area (Å²) in [7, 11) is 0. The quantitative estimate of drug-likeness (QED) is 0.143. The van der Waals surface area contributed by atoms with Crippen LogP contribution in [-0.4, -0.2) is 115 Å². The third-order valence-electron chi connectivity index (χ3n) is 10.3. The Morgan fingerprint density at radius 3 is 1.19 bits per heavy atom. The van der Waals surface area contributed by atoms with Crippen molar-refractivity contribution in [2.45, 2.75) is 67.2 Å². The predicted molar refractivity (Wildman–Crippen MR) is 205 cm³/mol. The molecule has 0 fully saturated rings. The van der Waals surface area contributed by atoms with Crippen molar-refractivity contribution in [3.05, 3.63) is 69.3 Å². The molecule has 0 saturated carbocycles. The average Bonchev–Trinajstić information content (AvgIpc) is 3.78. The molecular weight excluding hydrogens is 660 g/mol. The third kappa shape index (κ3) is 7.75. The number of allylic oxidation sites excluding steroid dienone is 2. The SMILES string of the molecule is CCc1c(C)c2cc3nc(cc4[nH]c(cc5nc(cc1[nH]2)C(C)=C5CC(=O)N(CCO)CCO)c(C)c4CC)C(C)=C3CC(=O)N(CCO)CCO. The number of hydrogen-bond donors (Lipinski definition) is 6. The van der Waals surface area contributed by atoms with Crippen molar-refractivity contribution in [3.63, 3.8) is 0 Å². The second-order valence-electron chi connectivity index (χ2n) is 13.4. The molecule has 3 aromatic heterocycles. The molecule has 6 N–H and O–H groups in total. The molecule has 0 aliphatic carbocycles. The monoisotopic (exact) mass is 712 g/mol. The van der Waals surface area contributed by atoms with Crippen molar-refractivity contribution in [2.24, 2.45) is 0 Å². The number of H-pyrrole nitrogens is 2. The van der Waals surface area contributed by atoms with E-state index in [0.717, 1.165) is 90.8 Å². The molecule has 0 saturated heterocycles. The topological polar surface area (TPSA) is 179 Å². The first-order valence-corrected chi connectivity index (χ1v) is 18.1. The molecule has 3 aromatic rings. The first kappa shape index (κ1) is 38.6. The van der Waals surface area contributed by atoms with Crippen LogP contribution < -0.4 is 0 Å². The molecule has 2 aliphatic rings. The third-order valence-corrected chi connectivity index (χ3v) is 10.3. The van der Waals surface area contributed by atoms with Gasteiger partial charge in [0.05, 0.1) is 62.0 Å². The van der Waals surface area contributed by atoms with Gasteiger partial charge in [0.25, 0.3) is 0 Å². The summed E-state index contributed by atoms with van der Waals surface area (Å²) in [6.07, 6.45) is 1.64. The average molecular weight is 713 g/mol. The van der Waals surface area contributed by atoms with E-state index >= 15 is 0 Å². The van der Waals surface area contributed by atoms with Gasteiger partial charge < -0.3 is 40.2 Å². The second-order valence-corrected chi connectivity index (χ2v) is 13.4. The van der Waals surface area contributed by atoms with E-state index in [4.69, 9.17) is 9.97 Å². The summed E-state index contributed by atoms with van der Waals surface area (Å²) in [5.41, 5.74) is 14.0. The highest BCUT2D eigenvalue weighted by Gasteiger charge is 2.25. The van der Waals surface area contributed by atoms with Crippen LogP contribution in [0.4, 0.5) is 0 Å². The van der Waals surface area contributed by atoms with Crippen LogP contribution in [0.15, 0.2) is 24.3 Å². The molecule has 0 radical (unpaired) electrons. The number of rotatable bonds is 14. The number of aliphatic hydroxyl groups is 4. The lowest BCUT2D eigenvalue weighted by Gasteiger charge is -2.21. The van der Waals surface area contributed by atoms with Crippen molar-refractivity contribution < 1.29 is 30.0 Å². The highest BCUT2D eigenvalue weighted by molar-refractivity contribution is 6.02. The van der Waals surface area contributed by atoms with Gasteiger partial charge in [0.2, 0.25) is 11.8 Å². The van der Waals surface area contributed by atoms with Crippen molar-refractivity contribution in [1.29, 1.82) is 0 Å². The van der Waals surface area contributed by atoms with Gasteiger partial charge in [-0.05, 0) is 109 Å². The van der Waals surface area contributed by atoms with Gasteiger partial charge in [-0.25, -0.2) is 9.97 Å². The number of fused-ring (bicyclic) bond motifs is 8. The number of aliphatic hydroxyl groups excluding tert-OH is 4. The Labute approximate surface area is 304 Å². The number of aryl methyl sites for hydroxylation is 4. The minimum absolute atomic E-state index is 0.0654. The lowest BCUT2D eigenvalue weighted by atomic mass is 10.0. The normalized spacial score (nSPS) is 13.0. The van der Waals surface area contributed by atoms with Crippen LogP contribution in [0.25, 0.3) is 44.4 Å². The molecule has 12 nitrogen and oxygen atoms in total. The van der Waals surface area contributed by atoms with Crippen LogP contribution in [0.2, 0.25) is 0 Å². The number of nitrogens with one attached hydrogen (secondary N) is 2. The first-order valence-electron chi connectivity index (χ1n) is 18.1. The minimum atomic E-state index is -0.198. The van der Waals surface area contributed by atoms with Gasteiger partial charge in [0.15, 0.2) is 0 Å². The lowest BCUT2D eigenvalue weighted by Crippen LogP contribution is -2.35. The molecule has 12 heteroatoms. The Kier molecular flexibility index (Phi) is 12.5. The van der Waals surface area contributed by atoms with Gasteiger partial charge in [-0.1, -0.05) is 13.8 Å².